The molecular weight excluding hydrogens is 330 g/mol. The van der Waals surface area contributed by atoms with Crippen molar-refractivity contribution < 1.29 is 14.3 Å². The lowest BCUT2D eigenvalue weighted by molar-refractivity contribution is 0.102. The maximum absolute atomic E-state index is 12.8. The van der Waals surface area contributed by atoms with Crippen molar-refractivity contribution in [3.05, 3.63) is 63.1 Å². The standard InChI is InChI=1S/C21H23NO4/c1-3-12-26-21-15(6-5-7-18(21)25-4-2)13-14-8-10-17-16(20(14)24)9-11-19(23)22-17/h5-7,9,11,13H,3-4,8,10,12H2,1-2H3,(H,22,23)/b14-13+. The number of ether oxygens (including phenoxy) is 2. The van der Waals surface area contributed by atoms with Crippen molar-refractivity contribution in [3.63, 3.8) is 0 Å². The minimum absolute atomic E-state index is 0.0502. The highest BCUT2D eigenvalue weighted by atomic mass is 16.5. The Kier molecular flexibility index (Phi) is 5.56. The van der Waals surface area contributed by atoms with Crippen LogP contribution in [0.25, 0.3) is 6.08 Å². The van der Waals surface area contributed by atoms with Gasteiger partial charge in [0, 0.05) is 28.5 Å². The molecule has 3 rings (SSSR count). The molecule has 1 N–H and O–H groups in total. The second-order valence-electron chi connectivity index (χ2n) is 6.17. The number of nitrogens with one attached hydrogen (secondary N) is 1. The Morgan fingerprint density at radius 3 is 2.69 bits per heavy atom. The summed E-state index contributed by atoms with van der Waals surface area (Å²) in [6.45, 7) is 5.10. The number of carbonyl (C=O) groups is 1. The Bertz CT molecular complexity index is 895. The van der Waals surface area contributed by atoms with E-state index in [0.717, 1.165) is 12.0 Å². The minimum Gasteiger partial charge on any atom is -0.490 e. The number of aromatic amines is 1. The summed E-state index contributed by atoms with van der Waals surface area (Å²) < 4.78 is 11.6. The van der Waals surface area contributed by atoms with E-state index in [9.17, 15) is 9.59 Å². The maximum atomic E-state index is 12.8. The third-order valence-corrected chi connectivity index (χ3v) is 4.27. The van der Waals surface area contributed by atoms with Gasteiger partial charge in [-0.05, 0) is 44.4 Å². The first-order valence-corrected chi connectivity index (χ1v) is 9.00. The highest BCUT2D eigenvalue weighted by Gasteiger charge is 2.23. The van der Waals surface area contributed by atoms with Gasteiger partial charge in [0.15, 0.2) is 17.3 Å². The van der Waals surface area contributed by atoms with Gasteiger partial charge < -0.3 is 14.5 Å². The first-order chi connectivity index (χ1) is 12.6. The van der Waals surface area contributed by atoms with Gasteiger partial charge in [-0.3, -0.25) is 9.59 Å². The summed E-state index contributed by atoms with van der Waals surface area (Å²) in [5, 5.41) is 0. The molecule has 1 aliphatic carbocycles. The number of H-pyrrole nitrogens is 1. The number of aryl methyl sites for hydroxylation is 1. The quantitative estimate of drug-likeness (QED) is 0.803. The number of hydrogen-bond donors (Lipinski definition) is 1. The predicted octanol–water partition coefficient (Wildman–Crippen LogP) is 3.77. The molecule has 0 amide bonds. The van der Waals surface area contributed by atoms with Crippen molar-refractivity contribution in [3.8, 4) is 11.5 Å². The number of carbonyl (C=O) groups excluding carboxylic acids is 1. The molecule has 0 radical (unpaired) electrons. The van der Waals surface area contributed by atoms with E-state index in [1.54, 1.807) is 6.07 Å². The third kappa shape index (κ3) is 3.72. The van der Waals surface area contributed by atoms with Gasteiger partial charge in [-0.15, -0.1) is 0 Å². The van der Waals surface area contributed by atoms with Crippen molar-refractivity contribution in [2.24, 2.45) is 0 Å². The van der Waals surface area contributed by atoms with Crippen molar-refractivity contribution in [1.82, 2.24) is 4.98 Å². The van der Waals surface area contributed by atoms with E-state index in [1.807, 2.05) is 38.1 Å². The Morgan fingerprint density at radius 1 is 1.08 bits per heavy atom. The van der Waals surface area contributed by atoms with Crippen LogP contribution in [-0.2, 0) is 6.42 Å². The van der Waals surface area contributed by atoms with Gasteiger partial charge in [0.1, 0.15) is 0 Å². The molecule has 26 heavy (non-hydrogen) atoms. The van der Waals surface area contributed by atoms with E-state index >= 15 is 0 Å². The number of fused-ring (bicyclic) bond motifs is 1. The van der Waals surface area contributed by atoms with Crippen LogP contribution in [0.5, 0.6) is 11.5 Å². The van der Waals surface area contributed by atoms with Crippen LogP contribution in [-0.4, -0.2) is 24.0 Å². The molecule has 0 saturated heterocycles. The van der Waals surface area contributed by atoms with Crippen molar-refractivity contribution in [1.29, 1.82) is 0 Å². The second-order valence-corrected chi connectivity index (χ2v) is 6.17. The van der Waals surface area contributed by atoms with Gasteiger partial charge in [0.2, 0.25) is 5.56 Å². The fraction of sp³-hybridized carbons (Fsp3) is 0.333. The maximum Gasteiger partial charge on any atom is 0.248 e. The van der Waals surface area contributed by atoms with Gasteiger partial charge in [-0.2, -0.15) is 0 Å². The largest absolute Gasteiger partial charge is 0.490 e. The number of Topliss-reactive ketones (excluding diaryl/α,β-unsaturated/α-hetero) is 1. The summed E-state index contributed by atoms with van der Waals surface area (Å²) in [7, 11) is 0. The first-order valence-electron chi connectivity index (χ1n) is 9.00. The Labute approximate surface area is 152 Å². The average molecular weight is 353 g/mol. The zero-order chi connectivity index (χ0) is 18.5. The molecule has 0 fully saturated rings. The molecule has 1 heterocycles. The average Bonchev–Trinajstić information content (AvgIpc) is 2.63. The van der Waals surface area contributed by atoms with Crippen LogP contribution in [0.1, 0.15) is 48.3 Å². The monoisotopic (exact) mass is 353 g/mol. The summed E-state index contributed by atoms with van der Waals surface area (Å²) in [5.74, 6) is 1.30. The number of pyridine rings is 1. The van der Waals surface area contributed by atoms with Gasteiger partial charge in [0.25, 0.3) is 0 Å². The Hall–Kier alpha value is -2.82. The van der Waals surface area contributed by atoms with Gasteiger partial charge in [-0.25, -0.2) is 0 Å². The number of para-hydroxylation sites is 1. The molecule has 1 aromatic heterocycles. The molecule has 5 heteroatoms. The van der Waals surface area contributed by atoms with Gasteiger partial charge in [-0.1, -0.05) is 19.1 Å². The van der Waals surface area contributed by atoms with Crippen LogP contribution in [0.2, 0.25) is 0 Å². The Morgan fingerprint density at radius 2 is 1.92 bits per heavy atom. The minimum atomic E-state index is -0.177. The summed E-state index contributed by atoms with van der Waals surface area (Å²) in [5.41, 5.74) is 2.65. The molecule has 2 aromatic rings. The third-order valence-electron chi connectivity index (χ3n) is 4.27. The summed E-state index contributed by atoms with van der Waals surface area (Å²) >= 11 is 0. The van der Waals surface area contributed by atoms with E-state index in [-0.39, 0.29) is 11.3 Å². The molecule has 0 aliphatic heterocycles. The molecule has 5 nitrogen and oxygen atoms in total. The van der Waals surface area contributed by atoms with Crippen LogP contribution in [0.3, 0.4) is 0 Å². The van der Waals surface area contributed by atoms with E-state index in [4.69, 9.17) is 9.47 Å². The van der Waals surface area contributed by atoms with Crippen molar-refractivity contribution in [2.75, 3.05) is 13.2 Å². The fourth-order valence-corrected chi connectivity index (χ4v) is 3.07. The molecule has 0 bridgehead atoms. The number of benzene rings is 1. The molecule has 0 unspecified atom stereocenters. The van der Waals surface area contributed by atoms with E-state index in [0.29, 0.717) is 54.4 Å². The molecule has 0 atom stereocenters. The van der Waals surface area contributed by atoms with Crippen LogP contribution < -0.4 is 15.0 Å². The molecule has 136 valence electrons. The van der Waals surface area contributed by atoms with Crippen molar-refractivity contribution in [2.45, 2.75) is 33.1 Å². The first kappa shape index (κ1) is 18.0. The van der Waals surface area contributed by atoms with Gasteiger partial charge in [0.05, 0.1) is 13.2 Å². The highest BCUT2D eigenvalue weighted by molar-refractivity contribution is 6.13. The van der Waals surface area contributed by atoms with Crippen LogP contribution in [0.15, 0.2) is 40.7 Å². The lowest BCUT2D eigenvalue weighted by atomic mass is 9.89. The van der Waals surface area contributed by atoms with E-state index in [2.05, 4.69) is 4.98 Å². The SMILES string of the molecule is CCCOc1c(/C=C2\CCc3[nH]c(=O)ccc3C2=O)cccc1OCC. The Balaban J connectivity index is 1.99. The zero-order valence-electron chi connectivity index (χ0n) is 15.1. The number of ketones is 1. The number of allylic oxidation sites excluding steroid dienone is 1. The molecule has 0 saturated carbocycles. The number of rotatable bonds is 6. The highest BCUT2D eigenvalue weighted by Crippen LogP contribution is 2.34. The number of hydrogen-bond acceptors (Lipinski definition) is 4. The number of aromatic nitrogens is 1. The van der Waals surface area contributed by atoms with Crippen LogP contribution in [0, 0.1) is 0 Å². The zero-order valence-corrected chi connectivity index (χ0v) is 15.1. The second kappa shape index (κ2) is 8.04. The lowest BCUT2D eigenvalue weighted by Gasteiger charge is -2.18. The van der Waals surface area contributed by atoms with Crippen LogP contribution in [0.4, 0.5) is 0 Å². The van der Waals surface area contributed by atoms with Crippen molar-refractivity contribution >= 4 is 11.9 Å². The molecule has 0 spiro atoms. The predicted molar refractivity (Wildman–Crippen MR) is 101 cm³/mol. The van der Waals surface area contributed by atoms with Crippen LogP contribution >= 0.6 is 0 Å². The smallest absolute Gasteiger partial charge is 0.248 e. The molecule has 1 aliphatic rings. The summed E-state index contributed by atoms with van der Waals surface area (Å²) in [4.78, 5) is 27.0. The fourth-order valence-electron chi connectivity index (χ4n) is 3.07. The summed E-state index contributed by atoms with van der Waals surface area (Å²) in [6, 6.07) is 8.70. The molecule has 1 aromatic carbocycles. The topological polar surface area (TPSA) is 68.4 Å². The lowest BCUT2D eigenvalue weighted by Crippen LogP contribution is -2.19. The summed E-state index contributed by atoms with van der Waals surface area (Å²) in [6.07, 6.45) is 3.98. The normalized spacial score (nSPS) is 15.0. The molecular formula is C21H23NO4. The van der Waals surface area contributed by atoms with E-state index < -0.39 is 0 Å². The van der Waals surface area contributed by atoms with E-state index in [1.165, 1.54) is 6.07 Å². The van der Waals surface area contributed by atoms with Gasteiger partial charge >= 0.3 is 0 Å².